The van der Waals surface area contributed by atoms with Crippen LogP contribution in [0.3, 0.4) is 0 Å². The standard InChI is InChI=1S/C17H15ClO/c1-11-6-7-15(16(18)8-11)17(19)14-9-12-4-2-3-5-13(12)10-14/h2-8,14H,9-10H2,1H3. The number of benzene rings is 2. The lowest BCUT2D eigenvalue weighted by Gasteiger charge is -2.10. The minimum atomic E-state index is 0.0395. The zero-order chi connectivity index (χ0) is 13.4. The maximum absolute atomic E-state index is 12.6. The number of hydrogen-bond acceptors (Lipinski definition) is 1. The van der Waals surface area contributed by atoms with Crippen LogP contribution in [0, 0.1) is 12.8 Å². The van der Waals surface area contributed by atoms with Crippen molar-refractivity contribution in [1.82, 2.24) is 0 Å². The van der Waals surface area contributed by atoms with Gasteiger partial charge in [0, 0.05) is 11.5 Å². The molecule has 1 aliphatic carbocycles. The molecule has 0 aromatic heterocycles. The van der Waals surface area contributed by atoms with Gasteiger partial charge in [-0.1, -0.05) is 41.9 Å². The normalized spacial score (nSPS) is 14.4. The Bertz CT molecular complexity index is 620. The molecule has 2 heteroatoms. The van der Waals surface area contributed by atoms with Crippen LogP contribution >= 0.6 is 11.6 Å². The van der Waals surface area contributed by atoms with Gasteiger partial charge in [-0.2, -0.15) is 0 Å². The lowest BCUT2D eigenvalue weighted by Crippen LogP contribution is -2.15. The van der Waals surface area contributed by atoms with Gasteiger partial charge in [0.1, 0.15) is 0 Å². The van der Waals surface area contributed by atoms with E-state index in [4.69, 9.17) is 11.6 Å². The van der Waals surface area contributed by atoms with Gasteiger partial charge in [-0.15, -0.1) is 0 Å². The van der Waals surface area contributed by atoms with Crippen LogP contribution in [0.4, 0.5) is 0 Å². The Morgan fingerprint density at radius 2 is 1.74 bits per heavy atom. The van der Waals surface area contributed by atoms with Gasteiger partial charge in [0.05, 0.1) is 5.02 Å². The Kier molecular flexibility index (Phi) is 3.16. The summed E-state index contributed by atoms with van der Waals surface area (Å²) < 4.78 is 0. The monoisotopic (exact) mass is 270 g/mol. The van der Waals surface area contributed by atoms with Crippen molar-refractivity contribution in [1.29, 1.82) is 0 Å². The second-order valence-electron chi connectivity index (χ2n) is 5.22. The number of fused-ring (bicyclic) bond motifs is 1. The molecule has 0 N–H and O–H groups in total. The van der Waals surface area contributed by atoms with Crippen LogP contribution in [0.5, 0.6) is 0 Å². The molecular formula is C17H15ClO. The van der Waals surface area contributed by atoms with Crippen molar-refractivity contribution >= 4 is 17.4 Å². The fraction of sp³-hybridized carbons (Fsp3) is 0.235. The first-order chi connectivity index (χ1) is 9.15. The molecular weight excluding hydrogens is 256 g/mol. The predicted molar refractivity (Wildman–Crippen MR) is 77.9 cm³/mol. The SMILES string of the molecule is Cc1ccc(C(=O)C2Cc3ccccc3C2)c(Cl)c1. The van der Waals surface area contributed by atoms with Gasteiger partial charge in [0.15, 0.2) is 5.78 Å². The van der Waals surface area contributed by atoms with Gasteiger partial charge in [-0.05, 0) is 48.6 Å². The molecule has 2 aromatic carbocycles. The van der Waals surface area contributed by atoms with Gasteiger partial charge in [0.2, 0.25) is 0 Å². The number of rotatable bonds is 2. The van der Waals surface area contributed by atoms with E-state index >= 15 is 0 Å². The molecule has 0 amide bonds. The van der Waals surface area contributed by atoms with Gasteiger partial charge >= 0.3 is 0 Å². The Balaban J connectivity index is 1.87. The van der Waals surface area contributed by atoms with Gasteiger partial charge in [-0.25, -0.2) is 0 Å². The third-order valence-corrected chi connectivity index (χ3v) is 4.12. The lowest BCUT2D eigenvalue weighted by molar-refractivity contribution is 0.0925. The fourth-order valence-corrected chi connectivity index (χ4v) is 3.11. The quantitative estimate of drug-likeness (QED) is 0.746. The number of ketones is 1. The Hall–Kier alpha value is -1.60. The molecule has 0 saturated heterocycles. The van der Waals surface area contributed by atoms with Crippen molar-refractivity contribution in [3.63, 3.8) is 0 Å². The number of aryl methyl sites for hydroxylation is 1. The Morgan fingerprint density at radius 1 is 1.11 bits per heavy atom. The molecule has 0 aliphatic heterocycles. The van der Waals surface area contributed by atoms with Crippen molar-refractivity contribution in [3.05, 3.63) is 69.7 Å². The number of carbonyl (C=O) groups is 1. The Labute approximate surface area is 118 Å². The average molecular weight is 271 g/mol. The van der Waals surface area contributed by atoms with Gasteiger partial charge in [-0.3, -0.25) is 4.79 Å². The summed E-state index contributed by atoms with van der Waals surface area (Å²) in [5, 5.41) is 0.570. The molecule has 0 heterocycles. The molecule has 0 spiro atoms. The van der Waals surface area contributed by atoms with Crippen LogP contribution in [-0.4, -0.2) is 5.78 Å². The van der Waals surface area contributed by atoms with Crippen LogP contribution in [0.1, 0.15) is 27.0 Å². The first-order valence-electron chi connectivity index (χ1n) is 6.52. The smallest absolute Gasteiger partial charge is 0.168 e. The van der Waals surface area contributed by atoms with E-state index < -0.39 is 0 Å². The lowest BCUT2D eigenvalue weighted by atomic mass is 9.94. The second kappa shape index (κ2) is 4.82. The zero-order valence-corrected chi connectivity index (χ0v) is 11.6. The molecule has 1 nitrogen and oxygen atoms in total. The minimum absolute atomic E-state index is 0.0395. The van der Waals surface area contributed by atoms with E-state index in [0.717, 1.165) is 18.4 Å². The van der Waals surface area contributed by atoms with Gasteiger partial charge < -0.3 is 0 Å². The first-order valence-corrected chi connectivity index (χ1v) is 6.90. The van der Waals surface area contributed by atoms with E-state index in [9.17, 15) is 4.79 Å². The van der Waals surface area contributed by atoms with Crippen LogP contribution in [0.15, 0.2) is 42.5 Å². The highest BCUT2D eigenvalue weighted by atomic mass is 35.5. The van der Waals surface area contributed by atoms with Crippen molar-refractivity contribution in [2.45, 2.75) is 19.8 Å². The van der Waals surface area contributed by atoms with Crippen LogP contribution < -0.4 is 0 Å². The van der Waals surface area contributed by atoms with E-state index in [0.29, 0.717) is 10.6 Å². The van der Waals surface area contributed by atoms with Crippen molar-refractivity contribution in [3.8, 4) is 0 Å². The molecule has 3 rings (SSSR count). The van der Waals surface area contributed by atoms with Crippen molar-refractivity contribution < 1.29 is 4.79 Å². The summed E-state index contributed by atoms with van der Waals surface area (Å²) >= 11 is 6.19. The van der Waals surface area contributed by atoms with E-state index in [1.165, 1.54) is 11.1 Å². The molecule has 0 atom stereocenters. The van der Waals surface area contributed by atoms with Crippen molar-refractivity contribution in [2.75, 3.05) is 0 Å². The van der Waals surface area contributed by atoms with Crippen LogP contribution in [-0.2, 0) is 12.8 Å². The van der Waals surface area contributed by atoms with E-state index in [1.807, 2.05) is 37.3 Å². The molecule has 0 saturated carbocycles. The summed E-state index contributed by atoms with van der Waals surface area (Å²) in [6, 6.07) is 13.9. The number of Topliss-reactive ketones (excluding diaryl/α,β-unsaturated/α-hetero) is 1. The van der Waals surface area contributed by atoms with E-state index in [1.54, 1.807) is 0 Å². The summed E-state index contributed by atoms with van der Waals surface area (Å²) in [4.78, 5) is 12.6. The van der Waals surface area contributed by atoms with E-state index in [-0.39, 0.29) is 11.7 Å². The highest BCUT2D eigenvalue weighted by Crippen LogP contribution is 2.31. The predicted octanol–water partition coefficient (Wildman–Crippen LogP) is 4.25. The third kappa shape index (κ3) is 2.31. The van der Waals surface area contributed by atoms with E-state index in [2.05, 4.69) is 12.1 Å². The highest BCUT2D eigenvalue weighted by Gasteiger charge is 2.28. The third-order valence-electron chi connectivity index (χ3n) is 3.81. The van der Waals surface area contributed by atoms with Crippen LogP contribution in [0.2, 0.25) is 5.02 Å². The molecule has 96 valence electrons. The summed E-state index contributed by atoms with van der Waals surface area (Å²) in [7, 11) is 0. The molecule has 0 fully saturated rings. The zero-order valence-electron chi connectivity index (χ0n) is 10.8. The highest BCUT2D eigenvalue weighted by molar-refractivity contribution is 6.34. The minimum Gasteiger partial charge on any atom is -0.294 e. The topological polar surface area (TPSA) is 17.1 Å². The summed E-state index contributed by atoms with van der Waals surface area (Å²) in [6.45, 7) is 1.98. The summed E-state index contributed by atoms with van der Waals surface area (Å²) in [5.41, 5.74) is 4.33. The summed E-state index contributed by atoms with van der Waals surface area (Å²) in [6.07, 6.45) is 1.67. The maximum atomic E-state index is 12.6. The largest absolute Gasteiger partial charge is 0.294 e. The number of carbonyl (C=O) groups excluding carboxylic acids is 1. The molecule has 0 unspecified atom stereocenters. The molecule has 19 heavy (non-hydrogen) atoms. The average Bonchev–Trinajstić information content (AvgIpc) is 2.81. The van der Waals surface area contributed by atoms with Crippen molar-refractivity contribution in [2.24, 2.45) is 5.92 Å². The second-order valence-corrected chi connectivity index (χ2v) is 5.63. The van der Waals surface area contributed by atoms with Gasteiger partial charge in [0.25, 0.3) is 0 Å². The fourth-order valence-electron chi connectivity index (χ4n) is 2.78. The molecule has 1 aliphatic rings. The molecule has 0 radical (unpaired) electrons. The summed E-state index contributed by atoms with van der Waals surface area (Å²) in [5.74, 6) is 0.207. The first kappa shape index (κ1) is 12.4. The molecule has 0 bridgehead atoms. The van der Waals surface area contributed by atoms with Crippen LogP contribution in [0.25, 0.3) is 0 Å². The maximum Gasteiger partial charge on any atom is 0.168 e. The number of halogens is 1. The Morgan fingerprint density at radius 3 is 2.32 bits per heavy atom. The molecule has 2 aromatic rings. The number of hydrogen-bond donors (Lipinski definition) is 0.